The molecule has 0 fully saturated rings. The first-order chi connectivity index (χ1) is 7.35. The molecule has 1 aromatic heterocycles. The topological polar surface area (TPSA) is 64.9 Å². The highest BCUT2D eigenvalue weighted by Crippen LogP contribution is 2.21. The van der Waals surface area contributed by atoms with Crippen molar-refractivity contribution in [2.75, 3.05) is 0 Å². The molecule has 4 heteroatoms. The van der Waals surface area contributed by atoms with Gasteiger partial charge in [-0.3, -0.25) is 0 Å². The molecule has 15 heavy (non-hydrogen) atoms. The van der Waals surface area contributed by atoms with Crippen molar-refractivity contribution in [2.45, 2.75) is 19.9 Å². The summed E-state index contributed by atoms with van der Waals surface area (Å²) in [6.45, 7) is 2.40. The molecule has 4 nitrogen and oxygen atoms in total. The highest BCUT2D eigenvalue weighted by Gasteiger charge is 2.10. The highest BCUT2D eigenvalue weighted by atomic mass is 16.5. The second kappa shape index (κ2) is 4.23. The van der Waals surface area contributed by atoms with Gasteiger partial charge in [0.1, 0.15) is 0 Å². The zero-order chi connectivity index (χ0) is 10.7. The first-order valence-corrected chi connectivity index (χ1v) is 4.96. The van der Waals surface area contributed by atoms with Crippen LogP contribution in [0.15, 0.2) is 28.8 Å². The van der Waals surface area contributed by atoms with Gasteiger partial charge in [0.15, 0.2) is 5.82 Å². The monoisotopic (exact) mass is 203 g/mol. The van der Waals surface area contributed by atoms with E-state index in [1.165, 1.54) is 5.56 Å². The van der Waals surface area contributed by atoms with E-state index in [0.717, 1.165) is 12.0 Å². The molecular formula is C11H13N3O. The number of hydrogen-bond acceptors (Lipinski definition) is 4. The summed E-state index contributed by atoms with van der Waals surface area (Å²) < 4.78 is 5.14. The molecule has 0 spiro atoms. The lowest BCUT2D eigenvalue weighted by molar-refractivity contribution is 0.422. The van der Waals surface area contributed by atoms with Crippen LogP contribution in [0.1, 0.15) is 18.3 Å². The van der Waals surface area contributed by atoms with E-state index in [-0.39, 0.29) is 0 Å². The van der Waals surface area contributed by atoms with E-state index < -0.39 is 0 Å². The molecule has 1 heterocycles. The molecule has 2 aromatic rings. The third kappa shape index (κ3) is 1.89. The van der Waals surface area contributed by atoms with E-state index >= 15 is 0 Å². The van der Waals surface area contributed by atoms with Gasteiger partial charge in [0.2, 0.25) is 0 Å². The minimum Gasteiger partial charge on any atom is -0.334 e. The van der Waals surface area contributed by atoms with E-state index in [2.05, 4.69) is 23.1 Å². The normalized spacial score (nSPS) is 10.5. The minimum atomic E-state index is 0.303. The van der Waals surface area contributed by atoms with Gasteiger partial charge in [0, 0.05) is 5.56 Å². The first-order valence-electron chi connectivity index (χ1n) is 4.96. The molecule has 0 radical (unpaired) electrons. The number of aryl methyl sites for hydroxylation is 1. The van der Waals surface area contributed by atoms with Crippen molar-refractivity contribution < 1.29 is 4.52 Å². The van der Waals surface area contributed by atoms with Crippen LogP contribution in [0.4, 0.5) is 0 Å². The van der Waals surface area contributed by atoms with Gasteiger partial charge in [-0.05, 0) is 18.1 Å². The number of rotatable bonds is 3. The Hall–Kier alpha value is -1.68. The van der Waals surface area contributed by atoms with Gasteiger partial charge in [-0.1, -0.05) is 30.3 Å². The Bertz CT molecular complexity index is 451. The summed E-state index contributed by atoms with van der Waals surface area (Å²) >= 11 is 0. The molecule has 0 amide bonds. The second-order valence-corrected chi connectivity index (χ2v) is 3.23. The van der Waals surface area contributed by atoms with E-state index in [9.17, 15) is 0 Å². The fraction of sp³-hybridized carbons (Fsp3) is 0.273. The maximum Gasteiger partial charge on any atom is 0.258 e. The first kappa shape index (κ1) is 9.86. The third-order valence-electron chi connectivity index (χ3n) is 2.28. The standard InChI is InChI=1S/C11H13N3O/c1-2-8-5-3-4-6-9(8)11-13-10(7-12)14-15-11/h3-6H,2,7,12H2,1H3. The van der Waals surface area contributed by atoms with Gasteiger partial charge in [-0.2, -0.15) is 4.98 Å². The predicted octanol–water partition coefficient (Wildman–Crippen LogP) is 1.76. The summed E-state index contributed by atoms with van der Waals surface area (Å²) in [5.74, 6) is 1.09. The zero-order valence-electron chi connectivity index (χ0n) is 8.60. The minimum absolute atomic E-state index is 0.303. The Balaban J connectivity index is 2.44. The second-order valence-electron chi connectivity index (χ2n) is 3.23. The van der Waals surface area contributed by atoms with Crippen LogP contribution in [-0.2, 0) is 13.0 Å². The Kier molecular flexibility index (Phi) is 2.78. The van der Waals surface area contributed by atoms with E-state index in [1.807, 2.05) is 18.2 Å². The maximum absolute atomic E-state index is 5.43. The van der Waals surface area contributed by atoms with Gasteiger partial charge in [-0.25, -0.2) is 0 Å². The van der Waals surface area contributed by atoms with Gasteiger partial charge in [0.25, 0.3) is 5.89 Å². The fourth-order valence-electron chi connectivity index (χ4n) is 1.48. The van der Waals surface area contributed by atoms with E-state index in [0.29, 0.717) is 18.3 Å². The van der Waals surface area contributed by atoms with Crippen molar-refractivity contribution >= 4 is 0 Å². The van der Waals surface area contributed by atoms with Crippen LogP contribution in [0.25, 0.3) is 11.5 Å². The van der Waals surface area contributed by atoms with Crippen LogP contribution < -0.4 is 5.73 Å². The van der Waals surface area contributed by atoms with Crippen molar-refractivity contribution in [3.8, 4) is 11.5 Å². The van der Waals surface area contributed by atoms with Crippen molar-refractivity contribution in [3.05, 3.63) is 35.7 Å². The molecule has 0 aliphatic heterocycles. The number of hydrogen-bond donors (Lipinski definition) is 1. The summed E-state index contributed by atoms with van der Waals surface area (Å²) in [5, 5.41) is 3.78. The Morgan fingerprint density at radius 3 is 2.80 bits per heavy atom. The lowest BCUT2D eigenvalue weighted by atomic mass is 10.1. The summed E-state index contributed by atoms with van der Waals surface area (Å²) in [6.07, 6.45) is 0.941. The Morgan fingerprint density at radius 2 is 2.13 bits per heavy atom. The number of nitrogens with zero attached hydrogens (tertiary/aromatic N) is 2. The molecule has 0 saturated carbocycles. The van der Waals surface area contributed by atoms with Gasteiger partial charge in [-0.15, -0.1) is 0 Å². The highest BCUT2D eigenvalue weighted by molar-refractivity contribution is 5.58. The molecule has 0 aliphatic rings. The lowest BCUT2D eigenvalue weighted by Crippen LogP contribution is -1.98. The quantitative estimate of drug-likeness (QED) is 0.825. The molecule has 0 saturated heterocycles. The number of nitrogens with two attached hydrogens (primary N) is 1. The third-order valence-corrected chi connectivity index (χ3v) is 2.28. The largest absolute Gasteiger partial charge is 0.334 e. The summed E-state index contributed by atoms with van der Waals surface area (Å²) in [4.78, 5) is 4.20. The van der Waals surface area contributed by atoms with Crippen LogP contribution in [0.3, 0.4) is 0 Å². The molecule has 1 aromatic carbocycles. The zero-order valence-corrected chi connectivity index (χ0v) is 8.60. The van der Waals surface area contributed by atoms with E-state index in [1.54, 1.807) is 0 Å². The lowest BCUT2D eigenvalue weighted by Gasteiger charge is -2.01. The maximum atomic E-state index is 5.43. The summed E-state index contributed by atoms with van der Waals surface area (Å²) in [5.41, 5.74) is 7.62. The molecule has 0 unspecified atom stereocenters. The molecule has 0 atom stereocenters. The Labute approximate surface area is 88.1 Å². The smallest absolute Gasteiger partial charge is 0.258 e. The average Bonchev–Trinajstić information content (AvgIpc) is 2.77. The van der Waals surface area contributed by atoms with Gasteiger partial charge < -0.3 is 10.3 Å². The molecule has 2 N–H and O–H groups in total. The molecule has 78 valence electrons. The molecule has 0 bridgehead atoms. The molecular weight excluding hydrogens is 190 g/mol. The van der Waals surface area contributed by atoms with Gasteiger partial charge >= 0.3 is 0 Å². The summed E-state index contributed by atoms with van der Waals surface area (Å²) in [6, 6.07) is 8.00. The fourth-order valence-corrected chi connectivity index (χ4v) is 1.48. The SMILES string of the molecule is CCc1ccccc1-c1nc(CN)no1. The van der Waals surface area contributed by atoms with E-state index in [4.69, 9.17) is 10.3 Å². The average molecular weight is 203 g/mol. The summed E-state index contributed by atoms with van der Waals surface area (Å²) in [7, 11) is 0. The van der Waals surface area contributed by atoms with Crippen molar-refractivity contribution in [3.63, 3.8) is 0 Å². The number of aromatic nitrogens is 2. The molecule has 0 aliphatic carbocycles. The van der Waals surface area contributed by atoms with Crippen LogP contribution in [0, 0.1) is 0 Å². The van der Waals surface area contributed by atoms with Crippen LogP contribution in [0.2, 0.25) is 0 Å². The van der Waals surface area contributed by atoms with Crippen LogP contribution in [0.5, 0.6) is 0 Å². The number of benzene rings is 1. The van der Waals surface area contributed by atoms with Crippen LogP contribution >= 0.6 is 0 Å². The van der Waals surface area contributed by atoms with Crippen molar-refractivity contribution in [2.24, 2.45) is 5.73 Å². The van der Waals surface area contributed by atoms with Gasteiger partial charge in [0.05, 0.1) is 6.54 Å². The predicted molar refractivity (Wildman–Crippen MR) is 57.0 cm³/mol. The molecule has 2 rings (SSSR count). The van der Waals surface area contributed by atoms with Crippen LogP contribution in [-0.4, -0.2) is 10.1 Å². The Morgan fingerprint density at radius 1 is 1.33 bits per heavy atom. The van der Waals surface area contributed by atoms with Crippen molar-refractivity contribution in [1.29, 1.82) is 0 Å². The van der Waals surface area contributed by atoms with Crippen molar-refractivity contribution in [1.82, 2.24) is 10.1 Å².